The molecule has 0 bridgehead atoms. The molecular formula is C18H13F6N5O. The largest absolute Gasteiger partial charge is 0.433 e. The number of carbonyl (C=O) groups is 1. The average molecular weight is 429 g/mol. The van der Waals surface area contributed by atoms with Crippen molar-refractivity contribution >= 4 is 11.6 Å². The Hall–Kier alpha value is -3.44. The lowest BCUT2D eigenvalue weighted by Gasteiger charge is -2.12. The molecule has 30 heavy (non-hydrogen) atoms. The van der Waals surface area contributed by atoms with Gasteiger partial charge in [-0.25, -0.2) is 0 Å². The first-order chi connectivity index (χ1) is 13.9. The number of aromatic nitrogens is 4. The summed E-state index contributed by atoms with van der Waals surface area (Å²) in [5.74, 6) is -1.27. The highest BCUT2D eigenvalue weighted by Gasteiger charge is 2.42. The molecule has 0 aliphatic heterocycles. The van der Waals surface area contributed by atoms with Crippen molar-refractivity contribution in [1.82, 2.24) is 19.7 Å². The fraction of sp³-hybridized carbons (Fsp3) is 0.222. The van der Waals surface area contributed by atoms with Crippen molar-refractivity contribution in [3.05, 3.63) is 59.3 Å². The molecule has 3 aromatic heterocycles. The summed E-state index contributed by atoms with van der Waals surface area (Å²) < 4.78 is 80.5. The van der Waals surface area contributed by atoms with Crippen molar-refractivity contribution in [1.29, 1.82) is 0 Å². The van der Waals surface area contributed by atoms with E-state index in [4.69, 9.17) is 0 Å². The summed E-state index contributed by atoms with van der Waals surface area (Å²) >= 11 is 0. The van der Waals surface area contributed by atoms with Crippen molar-refractivity contribution in [2.24, 2.45) is 7.05 Å². The molecule has 1 amide bonds. The zero-order valence-electron chi connectivity index (χ0n) is 15.4. The summed E-state index contributed by atoms with van der Waals surface area (Å²) in [6.07, 6.45) is -6.35. The lowest BCUT2D eigenvalue weighted by atomic mass is 10.1. The van der Waals surface area contributed by atoms with Gasteiger partial charge >= 0.3 is 12.4 Å². The fourth-order valence-electron chi connectivity index (χ4n) is 2.79. The van der Waals surface area contributed by atoms with Crippen LogP contribution in [0.4, 0.5) is 32.0 Å². The second kappa shape index (κ2) is 7.43. The van der Waals surface area contributed by atoms with Crippen LogP contribution in [0.1, 0.15) is 27.3 Å². The van der Waals surface area contributed by atoms with Crippen LogP contribution in [0.2, 0.25) is 0 Å². The van der Waals surface area contributed by atoms with Gasteiger partial charge in [0.05, 0.1) is 0 Å². The van der Waals surface area contributed by atoms with E-state index in [1.165, 1.54) is 18.5 Å². The zero-order valence-corrected chi connectivity index (χ0v) is 15.4. The Bertz CT molecular complexity index is 1100. The van der Waals surface area contributed by atoms with Crippen molar-refractivity contribution in [2.45, 2.75) is 19.3 Å². The zero-order chi connectivity index (χ0) is 22.3. The van der Waals surface area contributed by atoms with Crippen molar-refractivity contribution in [3.63, 3.8) is 0 Å². The lowest BCUT2D eigenvalue weighted by Crippen LogP contribution is -2.21. The molecule has 0 atom stereocenters. The average Bonchev–Trinajstić information content (AvgIpc) is 2.99. The fourth-order valence-corrected chi connectivity index (χ4v) is 2.79. The second-order valence-corrected chi connectivity index (χ2v) is 6.33. The third-order valence-electron chi connectivity index (χ3n) is 4.00. The van der Waals surface area contributed by atoms with Crippen LogP contribution in [0, 0.1) is 6.92 Å². The highest BCUT2D eigenvalue weighted by Crippen LogP contribution is 2.39. The number of halogens is 6. The van der Waals surface area contributed by atoms with E-state index in [-0.39, 0.29) is 11.3 Å². The summed E-state index contributed by atoms with van der Waals surface area (Å²) in [7, 11) is 1.13. The molecule has 0 spiro atoms. The monoisotopic (exact) mass is 429 g/mol. The molecule has 0 fully saturated rings. The van der Waals surface area contributed by atoms with Crippen molar-refractivity contribution < 1.29 is 31.1 Å². The third kappa shape index (κ3) is 4.26. The molecule has 12 heteroatoms. The molecule has 1 N–H and O–H groups in total. The predicted octanol–water partition coefficient (Wildman–Crippen LogP) is 4.48. The van der Waals surface area contributed by atoms with Crippen LogP contribution >= 0.6 is 0 Å². The molecule has 0 aliphatic carbocycles. The van der Waals surface area contributed by atoms with Gasteiger partial charge in [0.1, 0.15) is 22.6 Å². The van der Waals surface area contributed by atoms with Gasteiger partial charge in [-0.3, -0.25) is 19.4 Å². The standard InChI is InChI=1S/C18H13F6N5O/c1-9-5-10(8-25-7-9)14-13(18(22,23)24)15(29(2)28-14)16(30)27-11-3-4-26-12(6-11)17(19,20)21/h3-8H,1-2H3,(H,26,27,30). The Morgan fingerprint density at radius 1 is 1.07 bits per heavy atom. The molecule has 158 valence electrons. The first-order valence-corrected chi connectivity index (χ1v) is 8.28. The van der Waals surface area contributed by atoms with E-state index >= 15 is 0 Å². The van der Waals surface area contributed by atoms with E-state index in [9.17, 15) is 31.1 Å². The molecule has 0 radical (unpaired) electrons. The summed E-state index contributed by atoms with van der Waals surface area (Å²) in [6.45, 7) is 1.63. The lowest BCUT2D eigenvalue weighted by molar-refractivity contribution is -0.141. The van der Waals surface area contributed by atoms with Crippen LogP contribution in [-0.4, -0.2) is 25.7 Å². The number of hydrogen-bond donors (Lipinski definition) is 1. The Morgan fingerprint density at radius 3 is 2.37 bits per heavy atom. The van der Waals surface area contributed by atoms with Gasteiger partial charge in [-0.15, -0.1) is 0 Å². The molecule has 0 saturated heterocycles. The molecule has 0 unspecified atom stereocenters. The Labute approximate surface area is 165 Å². The van der Waals surface area contributed by atoms with Crippen LogP contribution in [0.3, 0.4) is 0 Å². The Morgan fingerprint density at radius 2 is 1.77 bits per heavy atom. The molecule has 0 aliphatic rings. The molecule has 0 saturated carbocycles. The van der Waals surface area contributed by atoms with Gasteiger partial charge in [0.25, 0.3) is 5.91 Å². The maximum absolute atomic E-state index is 13.8. The summed E-state index contributed by atoms with van der Waals surface area (Å²) in [5.41, 5.74) is -3.74. The second-order valence-electron chi connectivity index (χ2n) is 6.33. The quantitative estimate of drug-likeness (QED) is 0.624. The Balaban J connectivity index is 2.07. The first kappa shape index (κ1) is 21.3. The molecule has 6 nitrogen and oxygen atoms in total. The minimum absolute atomic E-state index is 0.0419. The van der Waals surface area contributed by atoms with Crippen molar-refractivity contribution in [3.8, 4) is 11.3 Å². The number of carbonyl (C=O) groups excluding carboxylic acids is 1. The molecule has 3 rings (SSSR count). The van der Waals surface area contributed by atoms with E-state index in [1.807, 2.05) is 5.32 Å². The Kier molecular flexibility index (Phi) is 5.27. The van der Waals surface area contributed by atoms with Crippen LogP contribution in [0.15, 0.2) is 36.8 Å². The summed E-state index contributed by atoms with van der Waals surface area (Å²) in [4.78, 5) is 19.6. The van der Waals surface area contributed by atoms with Gasteiger partial charge in [0.2, 0.25) is 0 Å². The van der Waals surface area contributed by atoms with E-state index in [0.717, 1.165) is 24.0 Å². The van der Waals surface area contributed by atoms with Crippen LogP contribution in [0.25, 0.3) is 11.3 Å². The SMILES string of the molecule is Cc1cncc(-c2nn(C)c(C(=O)Nc3ccnc(C(F)(F)F)c3)c2C(F)(F)F)c1. The van der Waals surface area contributed by atoms with Crippen LogP contribution < -0.4 is 5.32 Å². The molecular weight excluding hydrogens is 416 g/mol. The first-order valence-electron chi connectivity index (χ1n) is 8.28. The number of pyridine rings is 2. The van der Waals surface area contributed by atoms with Crippen LogP contribution in [0.5, 0.6) is 0 Å². The number of hydrogen-bond acceptors (Lipinski definition) is 4. The highest BCUT2D eigenvalue weighted by molar-refractivity contribution is 6.05. The van der Waals surface area contributed by atoms with Gasteiger partial charge in [-0.05, 0) is 30.7 Å². The van der Waals surface area contributed by atoms with E-state index in [0.29, 0.717) is 11.6 Å². The topological polar surface area (TPSA) is 72.7 Å². The molecule has 0 aromatic carbocycles. The number of anilines is 1. The van der Waals surface area contributed by atoms with Gasteiger partial charge in [-0.2, -0.15) is 31.4 Å². The normalized spacial score (nSPS) is 12.1. The van der Waals surface area contributed by atoms with Gasteiger partial charge in [-0.1, -0.05) is 0 Å². The van der Waals surface area contributed by atoms with Gasteiger partial charge in [0, 0.05) is 36.9 Å². The van der Waals surface area contributed by atoms with E-state index in [2.05, 4.69) is 15.1 Å². The number of aryl methyl sites for hydroxylation is 2. The third-order valence-corrected chi connectivity index (χ3v) is 4.00. The number of nitrogens with zero attached hydrogens (tertiary/aromatic N) is 4. The molecule has 3 heterocycles. The summed E-state index contributed by atoms with van der Waals surface area (Å²) in [5, 5.41) is 5.86. The number of amides is 1. The smallest absolute Gasteiger partial charge is 0.321 e. The minimum atomic E-state index is -4.96. The van der Waals surface area contributed by atoms with E-state index < -0.39 is 40.9 Å². The van der Waals surface area contributed by atoms with E-state index in [1.54, 1.807) is 6.92 Å². The predicted molar refractivity (Wildman–Crippen MR) is 93.4 cm³/mol. The molecule has 3 aromatic rings. The summed E-state index contributed by atoms with van der Waals surface area (Å²) in [6, 6.07) is 2.97. The number of rotatable bonds is 3. The minimum Gasteiger partial charge on any atom is -0.321 e. The van der Waals surface area contributed by atoms with Crippen molar-refractivity contribution in [2.75, 3.05) is 5.32 Å². The number of nitrogens with one attached hydrogen (secondary N) is 1. The maximum Gasteiger partial charge on any atom is 0.433 e. The van der Waals surface area contributed by atoms with Gasteiger partial charge < -0.3 is 5.32 Å². The number of alkyl halides is 6. The van der Waals surface area contributed by atoms with Crippen LogP contribution in [-0.2, 0) is 19.4 Å². The van der Waals surface area contributed by atoms with Gasteiger partial charge in [0.15, 0.2) is 0 Å². The maximum atomic E-state index is 13.8. The highest BCUT2D eigenvalue weighted by atomic mass is 19.4.